The van der Waals surface area contributed by atoms with Crippen molar-refractivity contribution in [3.63, 3.8) is 0 Å². The number of carbonyl (C=O) groups excluding carboxylic acids is 1. The van der Waals surface area contributed by atoms with Crippen molar-refractivity contribution in [1.29, 1.82) is 0 Å². The first-order chi connectivity index (χ1) is 14.0. The highest BCUT2D eigenvalue weighted by molar-refractivity contribution is 5.95. The largest absolute Gasteiger partial charge is 0.337 e. The second-order valence-electron chi connectivity index (χ2n) is 6.97. The number of hydrogen-bond acceptors (Lipinski definition) is 4. The van der Waals surface area contributed by atoms with Crippen LogP contribution in [0.3, 0.4) is 0 Å². The molecule has 2 aromatic carbocycles. The zero-order valence-corrected chi connectivity index (χ0v) is 16.6. The molecule has 0 fully saturated rings. The molecule has 7 heteroatoms. The second-order valence-corrected chi connectivity index (χ2v) is 6.97. The van der Waals surface area contributed by atoms with Crippen molar-refractivity contribution < 1.29 is 4.79 Å². The number of aryl methyl sites for hydroxylation is 2. The van der Waals surface area contributed by atoms with Crippen molar-refractivity contribution in [1.82, 2.24) is 29.4 Å². The average Bonchev–Trinajstić information content (AvgIpc) is 3.37. The van der Waals surface area contributed by atoms with Crippen LogP contribution in [0.1, 0.15) is 21.7 Å². The van der Waals surface area contributed by atoms with Gasteiger partial charge in [-0.05, 0) is 42.8 Å². The predicted octanol–water partition coefficient (Wildman–Crippen LogP) is 3.25. The Morgan fingerprint density at radius 1 is 1.10 bits per heavy atom. The van der Waals surface area contributed by atoms with Gasteiger partial charge in [0.1, 0.15) is 5.82 Å². The van der Waals surface area contributed by atoms with Crippen LogP contribution < -0.4 is 0 Å². The van der Waals surface area contributed by atoms with Crippen LogP contribution in [0.2, 0.25) is 0 Å². The number of nitrogens with zero attached hydrogens (tertiary/aromatic N) is 6. The average molecular weight is 386 g/mol. The molecule has 0 atom stereocenters. The van der Waals surface area contributed by atoms with E-state index in [4.69, 9.17) is 0 Å². The summed E-state index contributed by atoms with van der Waals surface area (Å²) < 4.78 is 3.53. The summed E-state index contributed by atoms with van der Waals surface area (Å²) >= 11 is 0. The first-order valence-electron chi connectivity index (χ1n) is 9.34. The molecule has 0 saturated heterocycles. The molecule has 0 saturated carbocycles. The molecule has 29 heavy (non-hydrogen) atoms. The molecule has 7 nitrogen and oxygen atoms in total. The Bertz CT molecular complexity index is 1130. The third-order valence-electron chi connectivity index (χ3n) is 4.71. The van der Waals surface area contributed by atoms with Gasteiger partial charge in [-0.1, -0.05) is 24.3 Å². The fourth-order valence-corrected chi connectivity index (χ4v) is 3.30. The molecular weight excluding hydrogens is 364 g/mol. The quantitative estimate of drug-likeness (QED) is 0.528. The summed E-state index contributed by atoms with van der Waals surface area (Å²) in [5.74, 6) is 1.41. The second kappa shape index (κ2) is 7.71. The van der Waals surface area contributed by atoms with E-state index in [1.54, 1.807) is 20.5 Å². The zero-order chi connectivity index (χ0) is 20.4. The van der Waals surface area contributed by atoms with Gasteiger partial charge in [0.15, 0.2) is 5.82 Å². The van der Waals surface area contributed by atoms with Gasteiger partial charge >= 0.3 is 0 Å². The fraction of sp³-hybridized carbons (Fsp3) is 0.182. The highest BCUT2D eigenvalue weighted by atomic mass is 16.2. The molecule has 4 rings (SSSR count). The van der Waals surface area contributed by atoms with E-state index in [9.17, 15) is 4.79 Å². The molecule has 0 N–H and O–H groups in total. The number of amides is 1. The summed E-state index contributed by atoms with van der Waals surface area (Å²) in [5.41, 5.74) is 3.53. The van der Waals surface area contributed by atoms with E-state index in [-0.39, 0.29) is 5.91 Å². The monoisotopic (exact) mass is 386 g/mol. The SMILES string of the molecule is Cc1nc(-c2cccc(C(=O)N(C)Cc3ccc(-n4cccn4)cc3)c2)n(C)n1. The third kappa shape index (κ3) is 3.94. The van der Waals surface area contributed by atoms with Crippen molar-refractivity contribution >= 4 is 5.91 Å². The lowest BCUT2D eigenvalue weighted by molar-refractivity contribution is 0.0785. The molecule has 0 aliphatic heterocycles. The lowest BCUT2D eigenvalue weighted by atomic mass is 10.1. The van der Waals surface area contributed by atoms with E-state index in [0.717, 1.165) is 22.6 Å². The van der Waals surface area contributed by atoms with Crippen molar-refractivity contribution in [3.8, 4) is 17.1 Å². The van der Waals surface area contributed by atoms with Crippen molar-refractivity contribution in [3.05, 3.63) is 83.9 Å². The summed E-state index contributed by atoms with van der Waals surface area (Å²) in [6.45, 7) is 2.37. The molecule has 0 bridgehead atoms. The zero-order valence-electron chi connectivity index (χ0n) is 16.6. The summed E-state index contributed by atoms with van der Waals surface area (Å²) in [7, 11) is 3.66. The summed E-state index contributed by atoms with van der Waals surface area (Å²) in [5, 5.41) is 8.51. The van der Waals surface area contributed by atoms with Crippen LogP contribution in [0.15, 0.2) is 67.0 Å². The minimum Gasteiger partial charge on any atom is -0.337 e. The molecule has 0 spiro atoms. The molecule has 4 aromatic rings. The normalized spacial score (nSPS) is 10.9. The van der Waals surface area contributed by atoms with Gasteiger partial charge in [0, 0.05) is 44.2 Å². The number of carbonyl (C=O) groups is 1. The van der Waals surface area contributed by atoms with E-state index >= 15 is 0 Å². The van der Waals surface area contributed by atoms with E-state index in [2.05, 4.69) is 15.2 Å². The van der Waals surface area contributed by atoms with Gasteiger partial charge in [-0.2, -0.15) is 10.2 Å². The van der Waals surface area contributed by atoms with Gasteiger partial charge in [-0.15, -0.1) is 0 Å². The molecule has 2 aromatic heterocycles. The minimum atomic E-state index is -0.0399. The molecule has 0 radical (unpaired) electrons. The lowest BCUT2D eigenvalue weighted by Gasteiger charge is -2.18. The molecule has 146 valence electrons. The van der Waals surface area contributed by atoms with E-state index in [1.165, 1.54) is 0 Å². The van der Waals surface area contributed by atoms with Gasteiger partial charge in [0.2, 0.25) is 0 Å². The standard InChI is InChI=1S/C22H22N6O/c1-16-24-21(27(3)25-16)18-6-4-7-19(14-18)22(29)26(2)15-17-8-10-20(11-9-17)28-13-5-12-23-28/h4-14H,15H2,1-3H3. The van der Waals surface area contributed by atoms with Crippen molar-refractivity contribution in [2.75, 3.05) is 7.05 Å². The Kier molecular flexibility index (Phi) is 4.95. The van der Waals surface area contributed by atoms with Crippen LogP contribution in [-0.2, 0) is 13.6 Å². The smallest absolute Gasteiger partial charge is 0.253 e. The fourth-order valence-electron chi connectivity index (χ4n) is 3.30. The molecule has 0 aliphatic carbocycles. The van der Waals surface area contributed by atoms with Gasteiger partial charge in [-0.3, -0.25) is 4.79 Å². The highest BCUT2D eigenvalue weighted by Gasteiger charge is 2.15. The Morgan fingerprint density at radius 3 is 2.55 bits per heavy atom. The number of benzene rings is 2. The van der Waals surface area contributed by atoms with Crippen LogP contribution >= 0.6 is 0 Å². The Hall–Kier alpha value is -3.74. The van der Waals surface area contributed by atoms with Gasteiger partial charge in [-0.25, -0.2) is 14.3 Å². The first kappa shape index (κ1) is 18.6. The van der Waals surface area contributed by atoms with Gasteiger partial charge < -0.3 is 4.90 Å². The maximum atomic E-state index is 12.9. The van der Waals surface area contributed by atoms with Gasteiger partial charge in [0.05, 0.1) is 5.69 Å². The van der Waals surface area contributed by atoms with Crippen LogP contribution in [0.4, 0.5) is 0 Å². The van der Waals surface area contributed by atoms with E-state index in [0.29, 0.717) is 17.9 Å². The Morgan fingerprint density at radius 2 is 1.90 bits per heavy atom. The Labute approximate surface area is 169 Å². The van der Waals surface area contributed by atoms with Gasteiger partial charge in [0.25, 0.3) is 5.91 Å². The molecule has 0 unspecified atom stereocenters. The van der Waals surface area contributed by atoms with E-state index in [1.807, 2.05) is 81.8 Å². The number of rotatable bonds is 5. The maximum absolute atomic E-state index is 12.9. The summed E-state index contributed by atoms with van der Waals surface area (Å²) in [6, 6.07) is 17.4. The van der Waals surface area contributed by atoms with Crippen LogP contribution in [0.25, 0.3) is 17.1 Å². The van der Waals surface area contributed by atoms with Crippen molar-refractivity contribution in [2.45, 2.75) is 13.5 Å². The number of aromatic nitrogens is 5. The molecule has 0 aliphatic rings. The molecular formula is C22H22N6O. The number of hydrogen-bond donors (Lipinski definition) is 0. The van der Waals surface area contributed by atoms with Crippen LogP contribution in [-0.4, -0.2) is 42.4 Å². The highest BCUT2D eigenvalue weighted by Crippen LogP contribution is 2.19. The Balaban J connectivity index is 1.49. The summed E-state index contributed by atoms with van der Waals surface area (Å²) in [4.78, 5) is 19.1. The minimum absolute atomic E-state index is 0.0399. The maximum Gasteiger partial charge on any atom is 0.253 e. The molecule has 1 amide bonds. The topological polar surface area (TPSA) is 68.8 Å². The van der Waals surface area contributed by atoms with Crippen LogP contribution in [0.5, 0.6) is 0 Å². The lowest BCUT2D eigenvalue weighted by Crippen LogP contribution is -2.26. The van der Waals surface area contributed by atoms with Crippen LogP contribution in [0, 0.1) is 6.92 Å². The van der Waals surface area contributed by atoms with E-state index < -0.39 is 0 Å². The van der Waals surface area contributed by atoms with Crippen molar-refractivity contribution in [2.24, 2.45) is 7.05 Å². The predicted molar refractivity (Wildman–Crippen MR) is 111 cm³/mol. The first-order valence-corrected chi connectivity index (χ1v) is 9.34. The third-order valence-corrected chi connectivity index (χ3v) is 4.71. The molecule has 2 heterocycles. The summed E-state index contributed by atoms with van der Waals surface area (Å²) in [6.07, 6.45) is 3.65.